The van der Waals surface area contributed by atoms with E-state index in [1.54, 1.807) is 19.2 Å². The van der Waals surface area contributed by atoms with Crippen molar-refractivity contribution in [3.63, 3.8) is 0 Å². The summed E-state index contributed by atoms with van der Waals surface area (Å²) in [5.41, 5.74) is 1.80. The van der Waals surface area contributed by atoms with Gasteiger partial charge in [0.25, 0.3) is 0 Å². The fourth-order valence-corrected chi connectivity index (χ4v) is 2.27. The second-order valence-electron chi connectivity index (χ2n) is 5.41. The highest BCUT2D eigenvalue weighted by atomic mass is 19.1. The molecule has 1 N–H and O–H groups in total. The van der Waals surface area contributed by atoms with Gasteiger partial charge in [-0.1, -0.05) is 18.2 Å². The van der Waals surface area contributed by atoms with Crippen molar-refractivity contribution in [3.05, 3.63) is 59.4 Å². The number of esters is 1. The fourth-order valence-electron chi connectivity index (χ4n) is 2.27. The third kappa shape index (κ3) is 6.08. The van der Waals surface area contributed by atoms with E-state index in [2.05, 4.69) is 10.1 Å². The zero-order valence-electron chi connectivity index (χ0n) is 14.4. The van der Waals surface area contributed by atoms with Gasteiger partial charge in [0.1, 0.15) is 12.4 Å². The molecule has 0 unspecified atom stereocenters. The summed E-state index contributed by atoms with van der Waals surface area (Å²) in [4.78, 5) is 11.0. The SMILES string of the molecule is COC(=O)CNCCc1ccc(OCc2cccc(F)c2)c(OC)c1. The van der Waals surface area contributed by atoms with E-state index in [-0.39, 0.29) is 24.9 Å². The van der Waals surface area contributed by atoms with Gasteiger partial charge in [0.15, 0.2) is 11.5 Å². The van der Waals surface area contributed by atoms with Gasteiger partial charge in [-0.15, -0.1) is 0 Å². The molecule has 0 aromatic heterocycles. The smallest absolute Gasteiger partial charge is 0.319 e. The molecule has 25 heavy (non-hydrogen) atoms. The Morgan fingerprint density at radius 2 is 1.92 bits per heavy atom. The van der Waals surface area contributed by atoms with Crippen LogP contribution in [0.25, 0.3) is 0 Å². The van der Waals surface area contributed by atoms with Gasteiger partial charge < -0.3 is 19.5 Å². The van der Waals surface area contributed by atoms with E-state index in [4.69, 9.17) is 9.47 Å². The Morgan fingerprint density at radius 3 is 2.64 bits per heavy atom. The monoisotopic (exact) mass is 347 g/mol. The lowest BCUT2D eigenvalue weighted by molar-refractivity contribution is -0.139. The van der Waals surface area contributed by atoms with Gasteiger partial charge in [0.2, 0.25) is 0 Å². The average molecular weight is 347 g/mol. The summed E-state index contributed by atoms with van der Waals surface area (Å²) in [5.74, 6) is 0.626. The number of halogens is 1. The molecule has 0 saturated carbocycles. The van der Waals surface area contributed by atoms with Crippen LogP contribution in [0.3, 0.4) is 0 Å². The summed E-state index contributed by atoms with van der Waals surface area (Å²) in [6, 6.07) is 11.9. The quantitative estimate of drug-likeness (QED) is 0.558. The van der Waals surface area contributed by atoms with Crippen molar-refractivity contribution < 1.29 is 23.4 Å². The van der Waals surface area contributed by atoms with Crippen LogP contribution in [0, 0.1) is 5.82 Å². The van der Waals surface area contributed by atoms with Crippen molar-refractivity contribution in [3.8, 4) is 11.5 Å². The first kappa shape index (κ1) is 18.7. The van der Waals surface area contributed by atoms with E-state index in [9.17, 15) is 9.18 Å². The summed E-state index contributed by atoms with van der Waals surface area (Å²) >= 11 is 0. The van der Waals surface area contributed by atoms with Crippen molar-refractivity contribution in [2.45, 2.75) is 13.0 Å². The summed E-state index contributed by atoms with van der Waals surface area (Å²) in [6.07, 6.45) is 0.734. The third-order valence-electron chi connectivity index (χ3n) is 3.60. The van der Waals surface area contributed by atoms with Crippen LogP contribution < -0.4 is 14.8 Å². The Morgan fingerprint density at radius 1 is 1.08 bits per heavy atom. The van der Waals surface area contributed by atoms with Crippen LogP contribution in [-0.2, 0) is 22.6 Å². The maximum absolute atomic E-state index is 13.2. The highest BCUT2D eigenvalue weighted by Gasteiger charge is 2.07. The number of hydrogen-bond donors (Lipinski definition) is 1. The Hall–Kier alpha value is -2.60. The zero-order chi connectivity index (χ0) is 18.1. The summed E-state index contributed by atoms with van der Waals surface area (Å²) < 4.78 is 28.9. The van der Waals surface area contributed by atoms with Crippen LogP contribution in [0.1, 0.15) is 11.1 Å². The molecule has 0 spiro atoms. The van der Waals surface area contributed by atoms with Crippen molar-refractivity contribution >= 4 is 5.97 Å². The largest absolute Gasteiger partial charge is 0.493 e. The van der Waals surface area contributed by atoms with Gasteiger partial charge in [-0.25, -0.2) is 4.39 Å². The molecule has 6 heteroatoms. The minimum absolute atomic E-state index is 0.183. The van der Waals surface area contributed by atoms with Gasteiger partial charge in [-0.3, -0.25) is 4.79 Å². The minimum Gasteiger partial charge on any atom is -0.493 e. The van der Waals surface area contributed by atoms with Crippen molar-refractivity contribution in [2.75, 3.05) is 27.3 Å². The molecule has 0 aliphatic rings. The topological polar surface area (TPSA) is 56.8 Å². The molecular weight excluding hydrogens is 325 g/mol. The van der Waals surface area contributed by atoms with Crippen molar-refractivity contribution in [1.82, 2.24) is 5.32 Å². The fraction of sp³-hybridized carbons (Fsp3) is 0.316. The molecule has 0 bridgehead atoms. The minimum atomic E-state index is -0.293. The molecule has 134 valence electrons. The van der Waals surface area contributed by atoms with Gasteiger partial charge in [0.05, 0.1) is 20.8 Å². The molecule has 0 saturated heterocycles. The molecule has 5 nitrogen and oxygen atoms in total. The molecular formula is C19H22FNO4. The number of carbonyl (C=O) groups is 1. The lowest BCUT2D eigenvalue weighted by atomic mass is 10.1. The lowest BCUT2D eigenvalue weighted by Gasteiger charge is -2.12. The molecule has 0 radical (unpaired) electrons. The number of methoxy groups -OCH3 is 2. The molecule has 0 aliphatic heterocycles. The Labute approximate surface area is 146 Å². The molecule has 2 aromatic carbocycles. The number of benzene rings is 2. The first-order chi connectivity index (χ1) is 12.1. The molecule has 0 amide bonds. The van der Waals surface area contributed by atoms with E-state index >= 15 is 0 Å². The van der Waals surface area contributed by atoms with Crippen LogP contribution in [0.4, 0.5) is 4.39 Å². The first-order valence-electron chi connectivity index (χ1n) is 7.94. The summed E-state index contributed by atoms with van der Waals surface area (Å²) in [5, 5.41) is 3.01. The highest BCUT2D eigenvalue weighted by Crippen LogP contribution is 2.29. The standard InChI is InChI=1S/C19H22FNO4/c1-23-18-11-14(8-9-21-12-19(22)24-2)6-7-17(18)25-13-15-4-3-5-16(20)10-15/h3-7,10-11,21H,8-9,12-13H2,1-2H3. The molecule has 0 heterocycles. The number of hydrogen-bond acceptors (Lipinski definition) is 5. The van der Waals surface area contributed by atoms with Gasteiger partial charge in [-0.2, -0.15) is 0 Å². The first-order valence-corrected chi connectivity index (χ1v) is 7.94. The summed E-state index contributed by atoms with van der Waals surface area (Å²) in [6.45, 7) is 1.08. The Balaban J connectivity index is 1.91. The van der Waals surface area contributed by atoms with Crippen molar-refractivity contribution in [1.29, 1.82) is 0 Å². The van der Waals surface area contributed by atoms with Gasteiger partial charge in [-0.05, 0) is 48.4 Å². The zero-order valence-corrected chi connectivity index (χ0v) is 14.4. The number of rotatable bonds is 9. The van der Waals surface area contributed by atoms with Crippen LogP contribution in [0.15, 0.2) is 42.5 Å². The maximum Gasteiger partial charge on any atom is 0.319 e. The molecule has 2 aromatic rings. The Kier molecular flexibility index (Phi) is 7.22. The number of ether oxygens (including phenoxy) is 3. The normalized spacial score (nSPS) is 10.4. The van der Waals surface area contributed by atoms with Crippen LogP contribution in [0.2, 0.25) is 0 Å². The predicted octanol–water partition coefficient (Wildman–Crippen LogP) is 2.72. The van der Waals surface area contributed by atoms with E-state index < -0.39 is 0 Å². The molecule has 0 aliphatic carbocycles. The van der Waals surface area contributed by atoms with E-state index in [1.165, 1.54) is 19.2 Å². The summed E-state index contributed by atoms with van der Waals surface area (Å²) in [7, 11) is 2.93. The van der Waals surface area contributed by atoms with Crippen LogP contribution >= 0.6 is 0 Å². The van der Waals surface area contributed by atoms with E-state index in [1.807, 2.05) is 18.2 Å². The number of nitrogens with one attached hydrogen (secondary N) is 1. The predicted molar refractivity (Wildman–Crippen MR) is 92.3 cm³/mol. The third-order valence-corrected chi connectivity index (χ3v) is 3.60. The number of carbonyl (C=O) groups excluding carboxylic acids is 1. The van der Waals surface area contributed by atoms with Crippen molar-refractivity contribution in [2.24, 2.45) is 0 Å². The second-order valence-corrected chi connectivity index (χ2v) is 5.41. The van der Waals surface area contributed by atoms with Gasteiger partial charge in [0, 0.05) is 0 Å². The lowest BCUT2D eigenvalue weighted by Crippen LogP contribution is -2.25. The van der Waals surface area contributed by atoms with Crippen LogP contribution in [0.5, 0.6) is 11.5 Å². The molecule has 2 rings (SSSR count). The van der Waals surface area contributed by atoms with E-state index in [0.29, 0.717) is 18.0 Å². The second kappa shape index (κ2) is 9.64. The van der Waals surface area contributed by atoms with Crippen LogP contribution in [-0.4, -0.2) is 33.3 Å². The van der Waals surface area contributed by atoms with E-state index in [0.717, 1.165) is 17.5 Å². The maximum atomic E-state index is 13.2. The average Bonchev–Trinajstić information content (AvgIpc) is 2.63. The highest BCUT2D eigenvalue weighted by molar-refractivity contribution is 5.71. The van der Waals surface area contributed by atoms with Gasteiger partial charge >= 0.3 is 5.97 Å². The molecule has 0 atom stereocenters. The molecule has 0 fully saturated rings. The Bertz CT molecular complexity index is 706.